The van der Waals surface area contributed by atoms with Crippen molar-refractivity contribution >= 4 is 39.8 Å². The number of nitrogens with two attached hydrogens (primary N) is 1. The molecule has 4 fully saturated rings. The zero-order valence-electron chi connectivity index (χ0n) is 41.8. The highest BCUT2D eigenvalue weighted by molar-refractivity contribution is 6.00. The number of carbonyl (C=O) groups excluding carboxylic acids is 3. The molecule has 0 atom stereocenters. The van der Waals surface area contributed by atoms with Gasteiger partial charge in [-0.2, -0.15) is 52.7 Å². The van der Waals surface area contributed by atoms with Crippen LogP contribution in [0.4, 0.5) is 52.7 Å². The molecule has 0 heterocycles. The minimum atomic E-state index is -4.74. The predicted octanol–water partition coefficient (Wildman–Crippen LogP) is 15.4. The van der Waals surface area contributed by atoms with Gasteiger partial charge in [0.15, 0.2) is 6.29 Å². The number of hydrogen-bond donors (Lipinski definition) is 1. The molecule has 0 spiro atoms. The summed E-state index contributed by atoms with van der Waals surface area (Å²) in [5.41, 5.74) is 3.44. The summed E-state index contributed by atoms with van der Waals surface area (Å²) in [5, 5.41) is 0.391. The number of halogens is 12. The normalized spacial score (nSPS) is 22.1. The number of rotatable bonds is 10. The van der Waals surface area contributed by atoms with Crippen LogP contribution in [0, 0.1) is 17.3 Å². The maximum absolute atomic E-state index is 14.3. The fourth-order valence-electron chi connectivity index (χ4n) is 11.2. The lowest BCUT2D eigenvalue weighted by atomic mass is 9.70. The smallest absolute Gasteiger partial charge is 0.420 e. The Labute approximate surface area is 427 Å². The summed E-state index contributed by atoms with van der Waals surface area (Å²) in [4.78, 5) is 34.9. The van der Waals surface area contributed by atoms with E-state index in [2.05, 4.69) is 4.74 Å². The number of alkyl halides is 12. The highest BCUT2D eigenvalue weighted by Gasteiger charge is 2.45. The van der Waals surface area contributed by atoms with E-state index in [1.54, 1.807) is 18.2 Å². The van der Waals surface area contributed by atoms with E-state index in [9.17, 15) is 67.1 Å². The lowest BCUT2D eigenvalue weighted by Gasteiger charge is -2.34. The molecule has 0 aromatic heterocycles. The Balaban J connectivity index is 0.000000209. The minimum Gasteiger partial charge on any atom is -0.490 e. The van der Waals surface area contributed by atoms with Gasteiger partial charge in [-0.15, -0.1) is 0 Å². The van der Waals surface area contributed by atoms with E-state index in [4.69, 9.17) is 19.9 Å². The second kappa shape index (κ2) is 24.4. The maximum Gasteiger partial charge on any atom is 0.420 e. The number of esters is 2. The third-order valence-corrected chi connectivity index (χ3v) is 15.4. The van der Waals surface area contributed by atoms with Gasteiger partial charge in [0.1, 0.15) is 28.2 Å². The number of carbonyl (C=O) groups is 3. The molecule has 4 aliphatic rings. The SMILES string of the molecule is COC(=O)C1(CCc2cccc3c(C(F)(F)F)c(OC4CCC(C(F)(F)F)CC4)ccc23)CCCCC1.COC(=O)C1(N)CCCCC1.O=Cc1cccc2c(C(F)(F)F)c(OC3CCC(C(F)(F)F)CC3)ccc12. The summed E-state index contributed by atoms with van der Waals surface area (Å²) < 4.78 is 182. The first kappa shape index (κ1) is 59.0. The zero-order valence-corrected chi connectivity index (χ0v) is 41.8. The van der Waals surface area contributed by atoms with Crippen LogP contribution < -0.4 is 15.2 Å². The molecule has 2 N–H and O–H groups in total. The van der Waals surface area contributed by atoms with Crippen molar-refractivity contribution in [2.24, 2.45) is 23.0 Å². The summed E-state index contributed by atoms with van der Waals surface area (Å²) in [6.45, 7) is 0. The lowest BCUT2D eigenvalue weighted by molar-refractivity contribution is -0.186. The Bertz CT molecular complexity index is 2560. The molecule has 8 rings (SSSR count). The Hall–Kier alpha value is -5.27. The molecule has 0 unspecified atom stereocenters. The summed E-state index contributed by atoms with van der Waals surface area (Å²) in [6, 6.07) is 14.1. The standard InChI is InChI=1S/C28H32F6O3.C19H16F6O2.C8H15NO2/c1-36-25(35)26(15-3-2-4-16-26)17-14-18-6-5-7-22-21(18)12-13-23(24(22)28(32,33)34)37-20-10-8-19(9-11-20)27(29,30)31;20-18(21,22)12-4-6-13(7-5-12)27-16-9-8-14-11(10-26)2-1-3-15(14)17(16)19(23,24)25;1-11-7(10)8(9)5-3-2-4-6-8/h5-7,12-13,19-20H,2-4,8-11,14-17H2,1H3;1-3,8-10,12-13H,4-7H2;2-6,9H2,1H3. The van der Waals surface area contributed by atoms with Crippen LogP contribution in [0.3, 0.4) is 0 Å². The molecule has 75 heavy (non-hydrogen) atoms. The summed E-state index contributed by atoms with van der Waals surface area (Å²) >= 11 is 0. The highest BCUT2D eigenvalue weighted by Crippen LogP contribution is 2.48. The number of aldehydes is 1. The fourth-order valence-corrected chi connectivity index (χ4v) is 11.2. The lowest BCUT2D eigenvalue weighted by Crippen LogP contribution is -2.49. The Kier molecular flexibility index (Phi) is 19.2. The van der Waals surface area contributed by atoms with Gasteiger partial charge in [0.25, 0.3) is 0 Å². The molecular weight excluding hydrogens is 1010 g/mol. The van der Waals surface area contributed by atoms with Gasteiger partial charge in [-0.3, -0.25) is 14.4 Å². The molecule has 8 nitrogen and oxygen atoms in total. The highest BCUT2D eigenvalue weighted by atomic mass is 19.4. The maximum atomic E-state index is 14.3. The van der Waals surface area contributed by atoms with Crippen molar-refractivity contribution in [2.45, 2.75) is 171 Å². The van der Waals surface area contributed by atoms with Crippen LogP contribution in [0.2, 0.25) is 0 Å². The van der Waals surface area contributed by atoms with Gasteiger partial charge in [-0.1, -0.05) is 81.0 Å². The monoisotopic (exact) mass is 1080 g/mol. The fraction of sp³-hybridized carbons (Fsp3) is 0.582. The topological polar surface area (TPSA) is 114 Å². The average Bonchev–Trinajstić information content (AvgIpc) is 3.37. The molecule has 0 aliphatic heterocycles. The summed E-state index contributed by atoms with van der Waals surface area (Å²) in [7, 11) is 2.76. The number of fused-ring (bicyclic) bond motifs is 2. The van der Waals surface area contributed by atoms with Crippen LogP contribution >= 0.6 is 0 Å². The van der Waals surface area contributed by atoms with Crippen molar-refractivity contribution in [3.8, 4) is 11.5 Å². The van der Waals surface area contributed by atoms with Crippen LogP contribution in [0.25, 0.3) is 21.5 Å². The third-order valence-electron chi connectivity index (χ3n) is 15.4. The molecular formula is C55H63F12NO7. The molecule has 0 amide bonds. The predicted molar refractivity (Wildman–Crippen MR) is 256 cm³/mol. The number of hydrogen-bond acceptors (Lipinski definition) is 8. The van der Waals surface area contributed by atoms with Gasteiger partial charge < -0.3 is 24.7 Å². The van der Waals surface area contributed by atoms with E-state index >= 15 is 0 Å². The molecule has 414 valence electrons. The van der Waals surface area contributed by atoms with Gasteiger partial charge in [0, 0.05) is 5.56 Å². The second-order valence-corrected chi connectivity index (χ2v) is 20.3. The van der Waals surface area contributed by atoms with Crippen LogP contribution in [-0.4, -0.2) is 62.5 Å². The first-order chi connectivity index (χ1) is 35.2. The Morgan fingerprint density at radius 2 is 0.973 bits per heavy atom. The van der Waals surface area contributed by atoms with Crippen molar-refractivity contribution in [1.29, 1.82) is 0 Å². The summed E-state index contributed by atoms with van der Waals surface area (Å²) in [6.07, 6.45) is -9.45. The zero-order chi connectivity index (χ0) is 55.0. The number of methoxy groups -OCH3 is 2. The average molecular weight is 1080 g/mol. The molecule has 20 heteroatoms. The largest absolute Gasteiger partial charge is 0.490 e. The van der Waals surface area contributed by atoms with Gasteiger partial charge in [-0.25, -0.2) is 0 Å². The van der Waals surface area contributed by atoms with Crippen molar-refractivity contribution in [2.75, 3.05) is 14.2 Å². The second-order valence-electron chi connectivity index (χ2n) is 20.3. The Morgan fingerprint density at radius 1 is 0.547 bits per heavy atom. The van der Waals surface area contributed by atoms with Gasteiger partial charge in [0.2, 0.25) is 0 Å². The molecule has 4 aromatic rings. The van der Waals surface area contributed by atoms with Crippen molar-refractivity contribution in [3.05, 3.63) is 82.9 Å². The molecule has 0 saturated heterocycles. The first-order valence-corrected chi connectivity index (χ1v) is 25.4. The molecule has 4 aliphatic carbocycles. The van der Waals surface area contributed by atoms with E-state index in [0.29, 0.717) is 42.9 Å². The first-order valence-electron chi connectivity index (χ1n) is 25.4. The molecule has 0 bridgehead atoms. The quantitative estimate of drug-likeness (QED) is 0.0949. The molecule has 4 aromatic carbocycles. The van der Waals surface area contributed by atoms with Crippen LogP contribution in [0.5, 0.6) is 11.5 Å². The van der Waals surface area contributed by atoms with Gasteiger partial charge >= 0.3 is 36.6 Å². The van der Waals surface area contributed by atoms with Crippen LogP contribution in [-0.2, 0) is 37.8 Å². The van der Waals surface area contributed by atoms with E-state index in [1.165, 1.54) is 57.0 Å². The Morgan fingerprint density at radius 3 is 1.40 bits per heavy atom. The van der Waals surface area contributed by atoms with Gasteiger partial charge in [0.05, 0.1) is 43.7 Å². The van der Waals surface area contributed by atoms with Crippen LogP contribution in [0.1, 0.15) is 149 Å². The van der Waals surface area contributed by atoms with Crippen molar-refractivity contribution < 1.29 is 86.0 Å². The molecule has 0 radical (unpaired) electrons. The van der Waals surface area contributed by atoms with Crippen molar-refractivity contribution in [1.82, 2.24) is 0 Å². The third kappa shape index (κ3) is 14.6. The minimum absolute atomic E-state index is 0.0118. The number of aryl methyl sites for hydroxylation is 1. The summed E-state index contributed by atoms with van der Waals surface area (Å²) in [5.74, 6) is -4.17. The number of ether oxygens (including phenoxy) is 4. The van der Waals surface area contributed by atoms with Gasteiger partial charge in [-0.05, 0) is 135 Å². The van der Waals surface area contributed by atoms with Crippen molar-refractivity contribution in [3.63, 3.8) is 0 Å². The van der Waals surface area contributed by atoms with E-state index in [0.717, 1.165) is 51.0 Å². The van der Waals surface area contributed by atoms with Crippen LogP contribution in [0.15, 0.2) is 60.7 Å². The van der Waals surface area contributed by atoms with E-state index < -0.39 is 76.6 Å². The van der Waals surface area contributed by atoms with E-state index in [1.807, 2.05) is 0 Å². The number of benzene rings is 4. The van der Waals surface area contributed by atoms with E-state index in [-0.39, 0.29) is 90.8 Å². The molecule has 4 saturated carbocycles.